The number of nitrogens with two attached hydrogens (primary N) is 1. The smallest absolute Gasteiger partial charge is 0.212 e. The highest BCUT2D eigenvalue weighted by Crippen LogP contribution is 2.22. The molecule has 0 fully saturated rings. The second kappa shape index (κ2) is 3.81. The lowest BCUT2D eigenvalue weighted by molar-refractivity contribution is 0.584. The zero-order chi connectivity index (χ0) is 9.97. The lowest BCUT2D eigenvalue weighted by atomic mass is 10.3. The van der Waals surface area contributed by atoms with E-state index in [2.05, 4.69) is 9.97 Å². The molecule has 0 amide bonds. The molecule has 0 bridgehead atoms. The predicted molar refractivity (Wildman–Crippen MR) is 53.2 cm³/mol. The summed E-state index contributed by atoms with van der Waals surface area (Å²) in [5.41, 5.74) is 7.09. The highest BCUT2D eigenvalue weighted by atomic mass is 32.1. The lowest BCUT2D eigenvalue weighted by Gasteiger charge is -1.93. The van der Waals surface area contributed by atoms with Gasteiger partial charge in [0.1, 0.15) is 5.01 Å². The molecule has 2 rings (SSSR count). The van der Waals surface area contributed by atoms with Gasteiger partial charge in [-0.15, -0.1) is 11.3 Å². The molecule has 14 heavy (non-hydrogen) atoms. The molecule has 2 aromatic rings. The number of nitrogens with zero attached hydrogens (tertiary/aromatic N) is 2. The Morgan fingerprint density at radius 3 is 2.86 bits per heavy atom. The van der Waals surface area contributed by atoms with E-state index < -0.39 is 5.95 Å². The van der Waals surface area contributed by atoms with Gasteiger partial charge < -0.3 is 5.73 Å². The molecule has 2 aromatic heterocycles. The first kappa shape index (κ1) is 9.23. The van der Waals surface area contributed by atoms with Gasteiger partial charge in [-0.05, 0) is 12.1 Å². The van der Waals surface area contributed by atoms with Crippen LogP contribution in [0.1, 0.15) is 5.69 Å². The van der Waals surface area contributed by atoms with Gasteiger partial charge in [0.15, 0.2) is 0 Å². The zero-order valence-electron chi connectivity index (χ0n) is 7.27. The maximum Gasteiger partial charge on any atom is 0.212 e. The number of pyridine rings is 1. The van der Waals surface area contributed by atoms with E-state index in [1.807, 2.05) is 5.38 Å². The van der Waals surface area contributed by atoms with Crippen molar-refractivity contribution in [2.75, 3.05) is 0 Å². The minimum Gasteiger partial charge on any atom is -0.325 e. The van der Waals surface area contributed by atoms with E-state index in [0.717, 1.165) is 16.3 Å². The van der Waals surface area contributed by atoms with Crippen LogP contribution in [0.15, 0.2) is 23.7 Å². The first-order valence-electron chi connectivity index (χ1n) is 4.06. The van der Waals surface area contributed by atoms with E-state index in [9.17, 15) is 4.39 Å². The molecular formula is C9H8FN3S. The number of thiazole rings is 1. The minimum absolute atomic E-state index is 0.422. The molecule has 0 atom stereocenters. The van der Waals surface area contributed by atoms with Gasteiger partial charge in [-0.2, -0.15) is 4.39 Å². The molecule has 0 aliphatic heterocycles. The monoisotopic (exact) mass is 209 g/mol. The Hall–Kier alpha value is -1.33. The van der Waals surface area contributed by atoms with Crippen molar-refractivity contribution in [3.8, 4) is 10.6 Å². The quantitative estimate of drug-likeness (QED) is 0.767. The summed E-state index contributed by atoms with van der Waals surface area (Å²) in [6.45, 7) is 0.422. The number of aromatic nitrogens is 2. The van der Waals surface area contributed by atoms with Crippen molar-refractivity contribution in [2.45, 2.75) is 6.54 Å². The SMILES string of the molecule is NCc1csc(-c2ccc(F)nc2)n1. The fourth-order valence-electron chi connectivity index (χ4n) is 1.04. The summed E-state index contributed by atoms with van der Waals surface area (Å²) in [4.78, 5) is 7.82. The van der Waals surface area contributed by atoms with Gasteiger partial charge >= 0.3 is 0 Å². The fourth-order valence-corrected chi connectivity index (χ4v) is 1.86. The topological polar surface area (TPSA) is 51.8 Å². The van der Waals surface area contributed by atoms with Gasteiger partial charge in [0.2, 0.25) is 5.95 Å². The van der Waals surface area contributed by atoms with Crippen LogP contribution in [0.2, 0.25) is 0 Å². The van der Waals surface area contributed by atoms with Crippen molar-refractivity contribution in [2.24, 2.45) is 5.73 Å². The molecule has 0 radical (unpaired) electrons. The molecule has 0 saturated heterocycles. The Morgan fingerprint density at radius 1 is 1.43 bits per heavy atom. The Balaban J connectivity index is 2.34. The highest BCUT2D eigenvalue weighted by Gasteiger charge is 2.03. The Morgan fingerprint density at radius 2 is 2.29 bits per heavy atom. The van der Waals surface area contributed by atoms with E-state index >= 15 is 0 Å². The Kier molecular flexibility index (Phi) is 2.51. The van der Waals surface area contributed by atoms with Gasteiger partial charge in [0.05, 0.1) is 5.69 Å². The molecule has 2 N–H and O–H groups in total. The largest absolute Gasteiger partial charge is 0.325 e. The summed E-state index contributed by atoms with van der Waals surface area (Å²) in [5.74, 6) is -0.482. The minimum atomic E-state index is -0.482. The summed E-state index contributed by atoms with van der Waals surface area (Å²) in [6, 6.07) is 2.97. The van der Waals surface area contributed by atoms with Gasteiger partial charge in [-0.3, -0.25) is 0 Å². The molecule has 72 valence electrons. The number of rotatable bonds is 2. The molecule has 5 heteroatoms. The Labute approximate surface area is 84.4 Å². The van der Waals surface area contributed by atoms with Crippen molar-refractivity contribution in [1.29, 1.82) is 0 Å². The van der Waals surface area contributed by atoms with Crippen molar-refractivity contribution in [3.63, 3.8) is 0 Å². The third kappa shape index (κ3) is 1.78. The first-order chi connectivity index (χ1) is 6.79. The molecular weight excluding hydrogens is 201 g/mol. The maximum atomic E-state index is 12.5. The van der Waals surface area contributed by atoms with Crippen molar-refractivity contribution < 1.29 is 4.39 Å². The van der Waals surface area contributed by atoms with E-state index in [1.54, 1.807) is 6.07 Å². The number of hydrogen-bond acceptors (Lipinski definition) is 4. The van der Waals surface area contributed by atoms with Gasteiger partial charge in [0.25, 0.3) is 0 Å². The second-order valence-electron chi connectivity index (χ2n) is 2.72. The molecule has 2 heterocycles. The fraction of sp³-hybridized carbons (Fsp3) is 0.111. The Bertz CT molecular complexity index is 424. The summed E-state index contributed by atoms with van der Waals surface area (Å²) < 4.78 is 12.5. The van der Waals surface area contributed by atoms with Crippen molar-refractivity contribution in [1.82, 2.24) is 9.97 Å². The van der Waals surface area contributed by atoms with Crippen LogP contribution in [-0.4, -0.2) is 9.97 Å². The van der Waals surface area contributed by atoms with Crippen LogP contribution in [0.25, 0.3) is 10.6 Å². The van der Waals surface area contributed by atoms with Crippen LogP contribution >= 0.6 is 11.3 Å². The normalized spacial score (nSPS) is 10.4. The van der Waals surface area contributed by atoms with E-state index in [0.29, 0.717) is 6.54 Å². The molecule has 0 spiro atoms. The zero-order valence-corrected chi connectivity index (χ0v) is 8.09. The van der Waals surface area contributed by atoms with Crippen LogP contribution in [0.5, 0.6) is 0 Å². The second-order valence-corrected chi connectivity index (χ2v) is 3.58. The lowest BCUT2D eigenvalue weighted by Crippen LogP contribution is -1.95. The van der Waals surface area contributed by atoms with Gasteiger partial charge in [0, 0.05) is 23.7 Å². The van der Waals surface area contributed by atoms with Crippen molar-refractivity contribution in [3.05, 3.63) is 35.4 Å². The third-order valence-electron chi connectivity index (χ3n) is 1.74. The molecule has 0 aliphatic carbocycles. The maximum absolute atomic E-state index is 12.5. The van der Waals surface area contributed by atoms with Crippen LogP contribution < -0.4 is 5.73 Å². The summed E-state index contributed by atoms with van der Waals surface area (Å²) in [7, 11) is 0. The standard InChI is InChI=1S/C9H8FN3S/c10-8-2-1-6(4-12-8)9-13-7(3-11)5-14-9/h1-2,4-5H,3,11H2. The van der Waals surface area contributed by atoms with Crippen LogP contribution in [0, 0.1) is 5.95 Å². The summed E-state index contributed by atoms with van der Waals surface area (Å²) >= 11 is 1.48. The number of hydrogen-bond donors (Lipinski definition) is 1. The average molecular weight is 209 g/mol. The van der Waals surface area contributed by atoms with Crippen LogP contribution in [0.4, 0.5) is 4.39 Å². The van der Waals surface area contributed by atoms with Gasteiger partial charge in [-0.25, -0.2) is 9.97 Å². The average Bonchev–Trinajstić information content (AvgIpc) is 2.67. The predicted octanol–water partition coefficient (Wildman–Crippen LogP) is 1.80. The van der Waals surface area contributed by atoms with Gasteiger partial charge in [-0.1, -0.05) is 0 Å². The van der Waals surface area contributed by atoms with Crippen LogP contribution in [0.3, 0.4) is 0 Å². The summed E-state index contributed by atoms with van der Waals surface area (Å²) in [6.07, 6.45) is 1.47. The van der Waals surface area contributed by atoms with E-state index in [4.69, 9.17) is 5.73 Å². The third-order valence-corrected chi connectivity index (χ3v) is 2.68. The van der Waals surface area contributed by atoms with Crippen molar-refractivity contribution >= 4 is 11.3 Å². The highest BCUT2D eigenvalue weighted by molar-refractivity contribution is 7.13. The molecule has 0 aromatic carbocycles. The molecule has 0 aliphatic rings. The van der Waals surface area contributed by atoms with E-state index in [1.165, 1.54) is 23.6 Å². The number of halogens is 1. The molecule has 3 nitrogen and oxygen atoms in total. The van der Waals surface area contributed by atoms with Crippen LogP contribution in [-0.2, 0) is 6.54 Å². The molecule has 0 unspecified atom stereocenters. The first-order valence-corrected chi connectivity index (χ1v) is 4.94. The summed E-state index contributed by atoms with van der Waals surface area (Å²) in [5, 5.41) is 2.71. The molecule has 0 saturated carbocycles. The van der Waals surface area contributed by atoms with E-state index in [-0.39, 0.29) is 0 Å².